The van der Waals surface area contributed by atoms with Crippen molar-refractivity contribution in [2.75, 3.05) is 0 Å². The van der Waals surface area contributed by atoms with Gasteiger partial charge < -0.3 is 4.98 Å². The van der Waals surface area contributed by atoms with Gasteiger partial charge in [0.2, 0.25) is 0 Å². The van der Waals surface area contributed by atoms with Gasteiger partial charge in [0.25, 0.3) is 5.56 Å². The molecule has 2 aromatic rings. The Morgan fingerprint density at radius 3 is 2.94 bits per heavy atom. The Bertz CT molecular complexity index is 603. The number of aromatic amines is 1. The summed E-state index contributed by atoms with van der Waals surface area (Å²) >= 11 is 0. The Morgan fingerprint density at radius 2 is 2.38 bits per heavy atom. The number of H-pyrrole nitrogens is 1. The third-order valence-corrected chi connectivity index (χ3v) is 2.30. The lowest BCUT2D eigenvalue weighted by Crippen LogP contribution is -2.09. The standard InChI is InChI=1S/C11H10N4O/c1-2-15-7-9(6-13-15)10-4-3-8(5-12)11(16)14-10/h3-4,6-7H,2H2,1H3,(H,14,16). The highest BCUT2D eigenvalue weighted by molar-refractivity contribution is 5.57. The van der Waals surface area contributed by atoms with Crippen LogP contribution in [0.5, 0.6) is 0 Å². The maximum atomic E-state index is 11.4. The Hall–Kier alpha value is -2.35. The SMILES string of the molecule is CCn1cc(-c2ccc(C#N)c(=O)[nH]2)cn1. The number of rotatable bonds is 2. The van der Waals surface area contributed by atoms with E-state index >= 15 is 0 Å². The minimum Gasteiger partial charge on any atom is -0.321 e. The zero-order valence-electron chi connectivity index (χ0n) is 8.77. The summed E-state index contributed by atoms with van der Waals surface area (Å²) in [5, 5.41) is 12.7. The predicted molar refractivity (Wildman–Crippen MR) is 58.7 cm³/mol. The van der Waals surface area contributed by atoms with Gasteiger partial charge in [-0.1, -0.05) is 0 Å². The average molecular weight is 214 g/mol. The Kier molecular flexibility index (Phi) is 2.56. The summed E-state index contributed by atoms with van der Waals surface area (Å²) in [6, 6.07) is 5.04. The lowest BCUT2D eigenvalue weighted by molar-refractivity contribution is 0.660. The van der Waals surface area contributed by atoms with E-state index in [-0.39, 0.29) is 11.1 Å². The molecule has 1 N–H and O–H groups in total. The summed E-state index contributed by atoms with van der Waals surface area (Å²) < 4.78 is 1.77. The van der Waals surface area contributed by atoms with Gasteiger partial charge in [-0.2, -0.15) is 10.4 Å². The van der Waals surface area contributed by atoms with Crippen molar-refractivity contribution in [1.29, 1.82) is 5.26 Å². The van der Waals surface area contributed by atoms with E-state index in [2.05, 4.69) is 10.1 Å². The van der Waals surface area contributed by atoms with E-state index in [0.29, 0.717) is 5.69 Å². The van der Waals surface area contributed by atoms with E-state index in [1.807, 2.05) is 19.2 Å². The Morgan fingerprint density at radius 1 is 1.56 bits per heavy atom. The van der Waals surface area contributed by atoms with Gasteiger partial charge in [-0.05, 0) is 19.1 Å². The fourth-order valence-corrected chi connectivity index (χ4v) is 1.41. The molecule has 2 aromatic heterocycles. The number of hydrogen-bond donors (Lipinski definition) is 1. The molecule has 0 aliphatic carbocycles. The zero-order valence-corrected chi connectivity index (χ0v) is 8.77. The number of pyridine rings is 1. The van der Waals surface area contributed by atoms with Crippen LogP contribution in [0.15, 0.2) is 29.3 Å². The summed E-state index contributed by atoms with van der Waals surface area (Å²) in [5.41, 5.74) is 1.25. The number of aromatic nitrogens is 3. The van der Waals surface area contributed by atoms with Crippen molar-refractivity contribution in [1.82, 2.24) is 14.8 Å². The summed E-state index contributed by atoms with van der Waals surface area (Å²) in [6.45, 7) is 2.76. The Balaban J connectivity index is 2.46. The number of nitrogens with one attached hydrogen (secondary N) is 1. The highest BCUT2D eigenvalue weighted by Gasteiger charge is 2.04. The molecule has 80 valence electrons. The molecule has 0 aliphatic heterocycles. The minimum absolute atomic E-state index is 0.117. The summed E-state index contributed by atoms with van der Waals surface area (Å²) in [6.07, 6.45) is 3.53. The van der Waals surface area contributed by atoms with Crippen molar-refractivity contribution >= 4 is 0 Å². The van der Waals surface area contributed by atoms with Crippen LogP contribution in [-0.2, 0) is 6.54 Å². The smallest absolute Gasteiger partial charge is 0.266 e. The maximum Gasteiger partial charge on any atom is 0.266 e. The van der Waals surface area contributed by atoms with Crippen LogP contribution in [0.2, 0.25) is 0 Å². The van der Waals surface area contributed by atoms with Crippen LogP contribution in [0.3, 0.4) is 0 Å². The monoisotopic (exact) mass is 214 g/mol. The molecule has 0 unspecified atom stereocenters. The van der Waals surface area contributed by atoms with Crippen molar-refractivity contribution in [3.8, 4) is 17.3 Å². The van der Waals surface area contributed by atoms with Crippen molar-refractivity contribution in [2.24, 2.45) is 0 Å². The molecule has 0 radical (unpaired) electrons. The number of nitrogens with zero attached hydrogens (tertiary/aromatic N) is 3. The van der Waals surface area contributed by atoms with E-state index < -0.39 is 0 Å². The van der Waals surface area contributed by atoms with E-state index in [4.69, 9.17) is 5.26 Å². The van der Waals surface area contributed by atoms with Crippen LogP contribution in [0.1, 0.15) is 12.5 Å². The second-order valence-electron chi connectivity index (χ2n) is 3.31. The van der Waals surface area contributed by atoms with Gasteiger partial charge in [-0.15, -0.1) is 0 Å². The highest BCUT2D eigenvalue weighted by Crippen LogP contribution is 2.14. The molecule has 0 saturated carbocycles. The fourth-order valence-electron chi connectivity index (χ4n) is 1.41. The van der Waals surface area contributed by atoms with Gasteiger partial charge >= 0.3 is 0 Å². The second kappa shape index (κ2) is 4.03. The van der Waals surface area contributed by atoms with E-state index in [1.165, 1.54) is 6.07 Å². The summed E-state index contributed by atoms with van der Waals surface area (Å²) in [7, 11) is 0. The molecule has 0 saturated heterocycles. The van der Waals surface area contributed by atoms with Gasteiger partial charge in [-0.3, -0.25) is 9.48 Å². The molecular formula is C11H10N4O. The summed E-state index contributed by atoms with van der Waals surface area (Å²) in [5.74, 6) is 0. The topological polar surface area (TPSA) is 74.5 Å². The molecule has 0 bridgehead atoms. The first kappa shape index (κ1) is 10.2. The van der Waals surface area contributed by atoms with Gasteiger partial charge in [-0.25, -0.2) is 0 Å². The molecule has 0 fully saturated rings. The third kappa shape index (κ3) is 1.73. The van der Waals surface area contributed by atoms with Gasteiger partial charge in [0.05, 0.1) is 11.9 Å². The van der Waals surface area contributed by atoms with Crippen LogP contribution in [0, 0.1) is 11.3 Å². The molecule has 2 rings (SSSR count). The molecule has 0 aliphatic rings. The molecule has 0 amide bonds. The predicted octanol–water partition coefficient (Wildman–Crippen LogP) is 1.13. The average Bonchev–Trinajstić information content (AvgIpc) is 2.77. The van der Waals surface area contributed by atoms with Crippen molar-refractivity contribution < 1.29 is 0 Å². The second-order valence-corrected chi connectivity index (χ2v) is 3.31. The maximum absolute atomic E-state index is 11.4. The number of nitriles is 1. The van der Waals surface area contributed by atoms with Crippen LogP contribution in [-0.4, -0.2) is 14.8 Å². The molecule has 5 nitrogen and oxygen atoms in total. The van der Waals surface area contributed by atoms with Crippen molar-refractivity contribution in [3.63, 3.8) is 0 Å². The van der Waals surface area contributed by atoms with Crippen LogP contribution >= 0.6 is 0 Å². The lowest BCUT2D eigenvalue weighted by atomic mass is 10.2. The molecule has 0 aromatic carbocycles. The molecule has 0 atom stereocenters. The fraction of sp³-hybridized carbons (Fsp3) is 0.182. The van der Waals surface area contributed by atoms with Gasteiger partial charge in [0, 0.05) is 18.3 Å². The quantitative estimate of drug-likeness (QED) is 0.814. The molecule has 5 heteroatoms. The van der Waals surface area contributed by atoms with Crippen LogP contribution < -0.4 is 5.56 Å². The first-order valence-corrected chi connectivity index (χ1v) is 4.91. The van der Waals surface area contributed by atoms with Crippen molar-refractivity contribution in [3.05, 3.63) is 40.4 Å². The first-order valence-electron chi connectivity index (χ1n) is 4.91. The summed E-state index contributed by atoms with van der Waals surface area (Å²) in [4.78, 5) is 14.1. The van der Waals surface area contributed by atoms with Crippen molar-refractivity contribution in [2.45, 2.75) is 13.5 Å². The van der Waals surface area contributed by atoms with Gasteiger partial charge in [0.1, 0.15) is 11.6 Å². The van der Waals surface area contributed by atoms with E-state index in [9.17, 15) is 4.79 Å². The normalized spacial score (nSPS) is 10.0. The molecule has 2 heterocycles. The third-order valence-electron chi connectivity index (χ3n) is 2.30. The van der Waals surface area contributed by atoms with Crippen LogP contribution in [0.25, 0.3) is 11.3 Å². The number of aryl methyl sites for hydroxylation is 1. The van der Waals surface area contributed by atoms with E-state index in [1.54, 1.807) is 16.9 Å². The highest BCUT2D eigenvalue weighted by atomic mass is 16.1. The molecule has 0 spiro atoms. The zero-order chi connectivity index (χ0) is 11.5. The first-order chi connectivity index (χ1) is 7.74. The largest absolute Gasteiger partial charge is 0.321 e. The Labute approximate surface area is 92.0 Å². The van der Waals surface area contributed by atoms with Crippen LogP contribution in [0.4, 0.5) is 0 Å². The number of hydrogen-bond acceptors (Lipinski definition) is 3. The molecule has 16 heavy (non-hydrogen) atoms. The van der Waals surface area contributed by atoms with Gasteiger partial charge in [0.15, 0.2) is 0 Å². The van der Waals surface area contributed by atoms with E-state index in [0.717, 1.165) is 12.1 Å². The molecular weight excluding hydrogens is 204 g/mol. The lowest BCUT2D eigenvalue weighted by Gasteiger charge is -1.96. The minimum atomic E-state index is -0.371.